The number of benzene rings is 1. The minimum atomic E-state index is -0.567. The molecular weight excluding hydrogens is 249 g/mol. The van der Waals surface area contributed by atoms with Crippen LogP contribution in [0.5, 0.6) is 0 Å². The van der Waals surface area contributed by atoms with Crippen LogP contribution in [0.2, 0.25) is 0 Å². The number of anilines is 1. The van der Waals surface area contributed by atoms with E-state index in [1.165, 1.54) is 18.2 Å². The topological polar surface area (TPSA) is 58.4 Å². The summed E-state index contributed by atoms with van der Waals surface area (Å²) in [7, 11) is 2.07. The van der Waals surface area contributed by atoms with Gasteiger partial charge in [-0.3, -0.25) is 10.1 Å². The highest BCUT2D eigenvalue weighted by Crippen LogP contribution is 2.28. The first-order valence-electron chi connectivity index (χ1n) is 6.43. The van der Waals surface area contributed by atoms with Crippen molar-refractivity contribution in [1.29, 1.82) is 0 Å². The molecule has 0 bridgehead atoms. The predicted octanol–water partition coefficient (Wildman–Crippen LogP) is 2.49. The lowest BCUT2D eigenvalue weighted by Gasteiger charge is -2.29. The lowest BCUT2D eigenvalue weighted by atomic mass is 9.97. The zero-order valence-electron chi connectivity index (χ0n) is 10.9. The molecule has 0 aliphatic carbocycles. The number of hydrogen-bond donors (Lipinski definition) is 1. The van der Waals surface area contributed by atoms with Crippen LogP contribution in [0, 0.1) is 21.8 Å². The summed E-state index contributed by atoms with van der Waals surface area (Å²) in [6.45, 7) is 2.62. The molecule has 1 aliphatic rings. The highest BCUT2D eigenvalue weighted by atomic mass is 19.1. The number of likely N-dealkylation sites (tertiary alicyclic amines) is 1. The van der Waals surface area contributed by atoms with E-state index in [1.54, 1.807) is 0 Å². The molecule has 0 atom stereocenters. The fourth-order valence-corrected chi connectivity index (χ4v) is 2.35. The lowest BCUT2D eigenvalue weighted by molar-refractivity contribution is -0.384. The molecule has 1 aromatic rings. The van der Waals surface area contributed by atoms with Gasteiger partial charge in [-0.05, 0) is 45.0 Å². The Hall–Kier alpha value is -1.69. The lowest BCUT2D eigenvalue weighted by Crippen LogP contribution is -2.33. The van der Waals surface area contributed by atoms with Crippen molar-refractivity contribution >= 4 is 11.4 Å². The average molecular weight is 267 g/mol. The molecule has 5 nitrogen and oxygen atoms in total. The van der Waals surface area contributed by atoms with Gasteiger partial charge >= 0.3 is 0 Å². The van der Waals surface area contributed by atoms with Crippen LogP contribution in [0.1, 0.15) is 12.8 Å². The number of piperidine rings is 1. The molecule has 1 saturated heterocycles. The maximum absolute atomic E-state index is 13.7. The first-order valence-corrected chi connectivity index (χ1v) is 6.43. The molecule has 19 heavy (non-hydrogen) atoms. The molecule has 1 N–H and O–H groups in total. The largest absolute Gasteiger partial charge is 0.377 e. The number of nitro benzene ring substituents is 1. The van der Waals surface area contributed by atoms with E-state index in [0.717, 1.165) is 25.9 Å². The molecule has 1 aromatic carbocycles. The van der Waals surface area contributed by atoms with Gasteiger partial charge in [0.15, 0.2) is 5.82 Å². The molecule has 1 aliphatic heterocycles. The molecule has 1 fully saturated rings. The molecule has 104 valence electrons. The fourth-order valence-electron chi connectivity index (χ4n) is 2.35. The van der Waals surface area contributed by atoms with Gasteiger partial charge in [0.25, 0.3) is 5.69 Å². The molecular formula is C13H18FN3O2. The normalized spacial score (nSPS) is 17.4. The van der Waals surface area contributed by atoms with Gasteiger partial charge in [-0.2, -0.15) is 0 Å². The van der Waals surface area contributed by atoms with E-state index in [0.29, 0.717) is 12.5 Å². The fraction of sp³-hybridized carbons (Fsp3) is 0.538. The Balaban J connectivity index is 2.01. The van der Waals surface area contributed by atoms with E-state index in [2.05, 4.69) is 17.3 Å². The van der Waals surface area contributed by atoms with Crippen LogP contribution < -0.4 is 5.32 Å². The van der Waals surface area contributed by atoms with Crippen molar-refractivity contribution in [2.24, 2.45) is 5.92 Å². The van der Waals surface area contributed by atoms with Crippen molar-refractivity contribution in [1.82, 2.24) is 4.90 Å². The van der Waals surface area contributed by atoms with Gasteiger partial charge in [-0.1, -0.05) is 6.07 Å². The van der Waals surface area contributed by atoms with E-state index in [-0.39, 0.29) is 11.4 Å². The van der Waals surface area contributed by atoms with Crippen LogP contribution in [0.4, 0.5) is 15.8 Å². The molecule has 1 heterocycles. The molecule has 6 heteroatoms. The van der Waals surface area contributed by atoms with E-state index < -0.39 is 10.7 Å². The number of rotatable bonds is 4. The van der Waals surface area contributed by atoms with E-state index in [1.807, 2.05) is 0 Å². The monoisotopic (exact) mass is 267 g/mol. The van der Waals surface area contributed by atoms with Gasteiger partial charge < -0.3 is 10.2 Å². The third-order valence-electron chi connectivity index (χ3n) is 3.59. The molecule has 0 aromatic heterocycles. The standard InChI is InChI=1S/C13H18FN3O2/c1-16-7-5-10(6-8-16)9-15-13-11(14)3-2-4-12(13)17(18)19/h2-4,10,15H,5-9H2,1H3. The van der Waals surface area contributed by atoms with Crippen LogP contribution in [-0.4, -0.2) is 36.5 Å². The van der Waals surface area contributed by atoms with Crippen LogP contribution in [0.15, 0.2) is 18.2 Å². The van der Waals surface area contributed by atoms with Gasteiger partial charge in [0.1, 0.15) is 5.69 Å². The van der Waals surface area contributed by atoms with Crippen LogP contribution in [0.25, 0.3) is 0 Å². The summed E-state index contributed by atoms with van der Waals surface area (Å²) in [4.78, 5) is 12.6. The summed E-state index contributed by atoms with van der Waals surface area (Å²) in [6, 6.07) is 3.91. The summed E-state index contributed by atoms with van der Waals surface area (Å²) in [5.41, 5.74) is -0.195. The summed E-state index contributed by atoms with van der Waals surface area (Å²) in [6.07, 6.45) is 2.07. The second kappa shape index (κ2) is 5.97. The van der Waals surface area contributed by atoms with E-state index in [9.17, 15) is 14.5 Å². The third-order valence-corrected chi connectivity index (χ3v) is 3.59. The zero-order chi connectivity index (χ0) is 13.8. The summed E-state index contributed by atoms with van der Waals surface area (Å²) < 4.78 is 13.7. The average Bonchev–Trinajstić information content (AvgIpc) is 2.39. The Morgan fingerprint density at radius 2 is 2.16 bits per heavy atom. The number of halogens is 1. The van der Waals surface area contributed by atoms with Gasteiger partial charge in [-0.15, -0.1) is 0 Å². The predicted molar refractivity (Wildman–Crippen MR) is 71.8 cm³/mol. The van der Waals surface area contributed by atoms with Gasteiger partial charge in [-0.25, -0.2) is 4.39 Å². The van der Waals surface area contributed by atoms with Gasteiger partial charge in [0.2, 0.25) is 0 Å². The van der Waals surface area contributed by atoms with Crippen LogP contribution in [-0.2, 0) is 0 Å². The van der Waals surface area contributed by atoms with Crippen molar-refractivity contribution < 1.29 is 9.31 Å². The van der Waals surface area contributed by atoms with Crippen molar-refractivity contribution in [2.45, 2.75) is 12.8 Å². The molecule has 0 amide bonds. The SMILES string of the molecule is CN1CCC(CNc2c(F)cccc2[N+](=O)[O-])CC1. The van der Waals surface area contributed by atoms with Crippen molar-refractivity contribution in [2.75, 3.05) is 32.0 Å². The van der Waals surface area contributed by atoms with Crippen LogP contribution >= 0.6 is 0 Å². The smallest absolute Gasteiger partial charge is 0.295 e. The van der Waals surface area contributed by atoms with E-state index in [4.69, 9.17) is 0 Å². The van der Waals surface area contributed by atoms with Gasteiger partial charge in [0.05, 0.1) is 4.92 Å². The van der Waals surface area contributed by atoms with E-state index >= 15 is 0 Å². The number of para-hydroxylation sites is 1. The number of nitrogens with zero attached hydrogens (tertiary/aromatic N) is 2. The minimum absolute atomic E-state index is 0.00595. The Bertz CT molecular complexity index is 459. The maximum atomic E-state index is 13.7. The first-order chi connectivity index (χ1) is 9.08. The molecule has 0 saturated carbocycles. The second-order valence-corrected chi connectivity index (χ2v) is 5.02. The molecule has 2 rings (SSSR count). The summed E-state index contributed by atoms with van der Waals surface area (Å²) in [5, 5.41) is 13.8. The highest BCUT2D eigenvalue weighted by Gasteiger charge is 2.20. The Kier molecular flexibility index (Phi) is 4.31. The summed E-state index contributed by atoms with van der Waals surface area (Å²) >= 11 is 0. The molecule has 0 unspecified atom stereocenters. The minimum Gasteiger partial charge on any atom is -0.377 e. The Morgan fingerprint density at radius 1 is 1.47 bits per heavy atom. The molecule has 0 radical (unpaired) electrons. The van der Waals surface area contributed by atoms with Crippen molar-refractivity contribution in [3.8, 4) is 0 Å². The summed E-state index contributed by atoms with van der Waals surface area (Å²) in [5.74, 6) is -0.127. The third kappa shape index (κ3) is 3.41. The molecule has 0 spiro atoms. The number of nitrogens with one attached hydrogen (secondary N) is 1. The Labute approximate surface area is 111 Å². The van der Waals surface area contributed by atoms with Crippen molar-refractivity contribution in [3.05, 3.63) is 34.1 Å². The zero-order valence-corrected chi connectivity index (χ0v) is 10.9. The second-order valence-electron chi connectivity index (χ2n) is 5.02. The first kappa shape index (κ1) is 13.7. The van der Waals surface area contributed by atoms with Crippen LogP contribution in [0.3, 0.4) is 0 Å². The Morgan fingerprint density at radius 3 is 2.79 bits per heavy atom. The number of nitro groups is 1. The van der Waals surface area contributed by atoms with Crippen molar-refractivity contribution in [3.63, 3.8) is 0 Å². The maximum Gasteiger partial charge on any atom is 0.295 e. The van der Waals surface area contributed by atoms with Gasteiger partial charge in [0, 0.05) is 12.6 Å². The number of hydrogen-bond acceptors (Lipinski definition) is 4. The highest BCUT2D eigenvalue weighted by molar-refractivity contribution is 5.62. The quantitative estimate of drug-likeness (QED) is 0.672.